The average Bonchev–Trinajstić information content (AvgIpc) is 3.08. The smallest absolute Gasteiger partial charge is 0.295 e. The molecule has 1 atom stereocenters. The maximum atomic E-state index is 13.2. The number of nitrogens with zero attached hydrogens (tertiary/aromatic N) is 2. The maximum Gasteiger partial charge on any atom is 0.295 e. The van der Waals surface area contributed by atoms with E-state index in [1.807, 2.05) is 24.3 Å². The van der Waals surface area contributed by atoms with E-state index in [4.69, 9.17) is 4.74 Å². The minimum atomic E-state index is -0.646. The second-order valence-corrected chi connectivity index (χ2v) is 10.7. The molecule has 1 amide bonds. The number of halogens is 1. The van der Waals surface area contributed by atoms with Gasteiger partial charge in [0, 0.05) is 36.2 Å². The number of benzene rings is 2. The Labute approximate surface area is 209 Å². The number of hydrogen-bond acceptors (Lipinski definition) is 5. The van der Waals surface area contributed by atoms with Crippen LogP contribution in [-0.4, -0.2) is 66.0 Å². The van der Waals surface area contributed by atoms with E-state index in [1.165, 1.54) is 0 Å². The van der Waals surface area contributed by atoms with Crippen molar-refractivity contribution in [1.82, 2.24) is 9.80 Å². The molecule has 4 rings (SSSR count). The first kappa shape index (κ1) is 24.6. The average molecular weight is 527 g/mol. The van der Waals surface area contributed by atoms with Gasteiger partial charge in [0.25, 0.3) is 11.7 Å². The lowest BCUT2D eigenvalue weighted by atomic mass is 9.85. The Morgan fingerprint density at radius 1 is 1.00 bits per heavy atom. The van der Waals surface area contributed by atoms with Gasteiger partial charge in [0.05, 0.1) is 24.8 Å². The summed E-state index contributed by atoms with van der Waals surface area (Å²) in [5.41, 5.74) is 2.60. The van der Waals surface area contributed by atoms with Gasteiger partial charge < -0.3 is 14.7 Å². The molecule has 0 unspecified atom stereocenters. The van der Waals surface area contributed by atoms with E-state index in [1.54, 1.807) is 29.2 Å². The first-order valence-corrected chi connectivity index (χ1v) is 12.4. The molecule has 0 aliphatic carbocycles. The standard InChI is InChI=1S/C27H31BrN2O4/c1-27(2,3)20-8-4-18(5-9-20)23-22(24(31)19-6-10-21(28)11-7-19)25(32)26(33)30(23)13-12-29-14-16-34-17-15-29/h4-11,23,31H,12-17H2,1-3H3/b24-22+/t23-/m0/s1. The molecule has 2 heterocycles. The summed E-state index contributed by atoms with van der Waals surface area (Å²) >= 11 is 3.40. The van der Waals surface area contributed by atoms with E-state index in [0.29, 0.717) is 31.9 Å². The Morgan fingerprint density at radius 3 is 2.21 bits per heavy atom. The van der Waals surface area contributed by atoms with Crippen LogP contribution in [0.15, 0.2) is 58.6 Å². The second-order valence-electron chi connectivity index (χ2n) is 9.83. The zero-order valence-electron chi connectivity index (χ0n) is 19.9. The van der Waals surface area contributed by atoms with Crippen molar-refractivity contribution in [2.45, 2.75) is 32.2 Å². The predicted molar refractivity (Wildman–Crippen MR) is 136 cm³/mol. The molecule has 180 valence electrons. The van der Waals surface area contributed by atoms with Crippen LogP contribution in [0.1, 0.15) is 43.5 Å². The van der Waals surface area contributed by atoms with Crippen molar-refractivity contribution >= 4 is 33.4 Å². The van der Waals surface area contributed by atoms with Crippen molar-refractivity contribution < 1.29 is 19.4 Å². The maximum absolute atomic E-state index is 13.2. The summed E-state index contributed by atoms with van der Waals surface area (Å²) < 4.78 is 6.29. The van der Waals surface area contributed by atoms with E-state index in [-0.39, 0.29) is 16.7 Å². The monoisotopic (exact) mass is 526 g/mol. The van der Waals surface area contributed by atoms with Gasteiger partial charge in [-0.2, -0.15) is 0 Å². The lowest BCUT2D eigenvalue weighted by Gasteiger charge is -2.31. The Hall–Kier alpha value is -2.48. The van der Waals surface area contributed by atoms with Crippen LogP contribution in [0.5, 0.6) is 0 Å². The highest BCUT2D eigenvalue weighted by molar-refractivity contribution is 9.10. The topological polar surface area (TPSA) is 70.1 Å². The van der Waals surface area contributed by atoms with Crippen LogP contribution >= 0.6 is 15.9 Å². The second kappa shape index (κ2) is 10.0. The summed E-state index contributed by atoms with van der Waals surface area (Å²) in [7, 11) is 0. The van der Waals surface area contributed by atoms with E-state index in [0.717, 1.165) is 28.7 Å². The number of ketones is 1. The molecule has 0 aromatic heterocycles. The third kappa shape index (κ3) is 5.11. The molecule has 0 saturated carbocycles. The normalized spacial score (nSPS) is 21.3. The molecule has 34 heavy (non-hydrogen) atoms. The van der Waals surface area contributed by atoms with E-state index in [9.17, 15) is 14.7 Å². The number of ether oxygens (including phenoxy) is 1. The lowest BCUT2D eigenvalue weighted by molar-refractivity contribution is -0.140. The molecule has 1 N–H and O–H groups in total. The number of aliphatic hydroxyl groups excluding tert-OH is 1. The first-order chi connectivity index (χ1) is 16.2. The van der Waals surface area contributed by atoms with Crippen molar-refractivity contribution in [3.63, 3.8) is 0 Å². The largest absolute Gasteiger partial charge is 0.507 e. The molecule has 7 heteroatoms. The third-order valence-electron chi connectivity index (χ3n) is 6.51. The number of carbonyl (C=O) groups excluding carboxylic acids is 2. The molecule has 0 spiro atoms. The summed E-state index contributed by atoms with van der Waals surface area (Å²) in [6.45, 7) is 10.4. The molecule has 0 bridgehead atoms. The number of carbonyl (C=O) groups is 2. The number of rotatable bonds is 5. The number of morpholine rings is 1. The summed E-state index contributed by atoms with van der Waals surface area (Å²) in [4.78, 5) is 30.2. The van der Waals surface area contributed by atoms with Gasteiger partial charge in [-0.1, -0.05) is 73.1 Å². The van der Waals surface area contributed by atoms with Gasteiger partial charge in [-0.15, -0.1) is 0 Å². The van der Waals surface area contributed by atoms with Crippen LogP contribution < -0.4 is 0 Å². The van der Waals surface area contributed by atoms with Crippen LogP contribution in [-0.2, 0) is 19.7 Å². The third-order valence-corrected chi connectivity index (χ3v) is 7.04. The molecule has 2 aliphatic rings. The Bertz CT molecular complexity index is 1080. The van der Waals surface area contributed by atoms with Crippen LogP contribution in [0.25, 0.3) is 5.76 Å². The molecule has 2 fully saturated rings. The highest BCUT2D eigenvalue weighted by Crippen LogP contribution is 2.40. The highest BCUT2D eigenvalue weighted by Gasteiger charge is 2.46. The first-order valence-electron chi connectivity index (χ1n) is 11.6. The van der Waals surface area contributed by atoms with Gasteiger partial charge in [0.2, 0.25) is 0 Å². The van der Waals surface area contributed by atoms with E-state index in [2.05, 4.69) is 41.6 Å². The molecule has 0 radical (unpaired) electrons. The number of hydrogen-bond donors (Lipinski definition) is 1. The molecule has 2 aliphatic heterocycles. The van der Waals surface area contributed by atoms with Crippen molar-refractivity contribution in [2.24, 2.45) is 0 Å². The molecular weight excluding hydrogens is 496 g/mol. The van der Waals surface area contributed by atoms with Crippen molar-refractivity contribution in [1.29, 1.82) is 0 Å². The molecule has 2 aromatic carbocycles. The highest BCUT2D eigenvalue weighted by atomic mass is 79.9. The Morgan fingerprint density at radius 2 is 1.62 bits per heavy atom. The van der Waals surface area contributed by atoms with Crippen LogP contribution in [0, 0.1) is 0 Å². The fourth-order valence-electron chi connectivity index (χ4n) is 4.46. The molecule has 2 aromatic rings. The molecular formula is C27H31BrN2O4. The number of likely N-dealkylation sites (tertiary alicyclic amines) is 1. The number of aliphatic hydroxyl groups is 1. The van der Waals surface area contributed by atoms with Gasteiger partial charge in [-0.05, 0) is 28.7 Å². The minimum Gasteiger partial charge on any atom is -0.507 e. The zero-order valence-corrected chi connectivity index (χ0v) is 21.5. The lowest BCUT2D eigenvalue weighted by Crippen LogP contribution is -2.42. The molecule has 2 saturated heterocycles. The predicted octanol–water partition coefficient (Wildman–Crippen LogP) is 4.50. The number of amides is 1. The Balaban J connectivity index is 1.74. The SMILES string of the molecule is CC(C)(C)c1ccc([C@H]2/C(=C(\O)c3ccc(Br)cc3)C(=O)C(=O)N2CCN2CCOCC2)cc1. The molecule has 6 nitrogen and oxygen atoms in total. The van der Waals surface area contributed by atoms with E-state index < -0.39 is 17.7 Å². The van der Waals surface area contributed by atoms with Gasteiger partial charge in [0.15, 0.2) is 0 Å². The van der Waals surface area contributed by atoms with E-state index >= 15 is 0 Å². The quantitative estimate of drug-likeness (QED) is 0.352. The minimum absolute atomic E-state index is 0.0197. The Kier molecular flexibility index (Phi) is 7.26. The van der Waals surface area contributed by atoms with Crippen molar-refractivity contribution in [3.05, 3.63) is 75.3 Å². The fourth-order valence-corrected chi connectivity index (χ4v) is 4.72. The summed E-state index contributed by atoms with van der Waals surface area (Å²) in [6.07, 6.45) is 0. The van der Waals surface area contributed by atoms with Crippen molar-refractivity contribution in [3.8, 4) is 0 Å². The van der Waals surface area contributed by atoms with Crippen LogP contribution in [0.3, 0.4) is 0 Å². The summed E-state index contributed by atoms with van der Waals surface area (Å²) in [5.74, 6) is -1.37. The summed E-state index contributed by atoms with van der Waals surface area (Å²) in [5, 5.41) is 11.2. The van der Waals surface area contributed by atoms with Gasteiger partial charge >= 0.3 is 0 Å². The van der Waals surface area contributed by atoms with Gasteiger partial charge in [0.1, 0.15) is 5.76 Å². The number of Topliss-reactive ketones (excluding diaryl/α,β-unsaturated/α-hetero) is 1. The van der Waals surface area contributed by atoms with Crippen LogP contribution in [0.2, 0.25) is 0 Å². The van der Waals surface area contributed by atoms with Gasteiger partial charge in [-0.25, -0.2) is 0 Å². The fraction of sp³-hybridized carbons (Fsp3) is 0.407. The zero-order chi connectivity index (χ0) is 24.5. The van der Waals surface area contributed by atoms with Crippen LogP contribution in [0.4, 0.5) is 0 Å². The van der Waals surface area contributed by atoms with Crippen molar-refractivity contribution in [2.75, 3.05) is 39.4 Å². The summed E-state index contributed by atoms with van der Waals surface area (Å²) in [6, 6.07) is 14.4. The van der Waals surface area contributed by atoms with Gasteiger partial charge in [-0.3, -0.25) is 14.5 Å².